The van der Waals surface area contributed by atoms with Gasteiger partial charge in [0.2, 0.25) is 0 Å². The number of hydrogen-bond acceptors (Lipinski definition) is 3. The first-order chi connectivity index (χ1) is 12.8. The van der Waals surface area contributed by atoms with Crippen molar-refractivity contribution in [2.24, 2.45) is 0 Å². The predicted octanol–water partition coefficient (Wildman–Crippen LogP) is 3.01. The standard InChI is InChI=1S/C21H22FN3O2/c1-13-4-6-14(7-5-13)19(25(2)3)12-23-20(26)17-10-15-8-9-16(22)11-18(15)24-21(17)27/h4-11,19H,12H2,1-3H3,(H,23,26)(H,24,27). The summed E-state index contributed by atoms with van der Waals surface area (Å²) in [5, 5.41) is 3.44. The van der Waals surface area contributed by atoms with E-state index in [1.54, 1.807) is 0 Å². The summed E-state index contributed by atoms with van der Waals surface area (Å²) in [5.41, 5.74) is 2.08. The first kappa shape index (κ1) is 18.8. The number of amides is 1. The highest BCUT2D eigenvalue weighted by molar-refractivity contribution is 5.97. The third kappa shape index (κ3) is 4.23. The largest absolute Gasteiger partial charge is 0.350 e. The summed E-state index contributed by atoms with van der Waals surface area (Å²) in [6, 6.07) is 13.6. The van der Waals surface area contributed by atoms with Crippen LogP contribution in [0.15, 0.2) is 53.3 Å². The Morgan fingerprint density at radius 3 is 2.52 bits per heavy atom. The van der Waals surface area contributed by atoms with E-state index in [0.29, 0.717) is 17.4 Å². The van der Waals surface area contributed by atoms with Crippen LogP contribution in [-0.2, 0) is 0 Å². The number of aryl methyl sites for hydroxylation is 1. The van der Waals surface area contributed by atoms with E-state index < -0.39 is 17.3 Å². The molecule has 1 atom stereocenters. The summed E-state index contributed by atoms with van der Waals surface area (Å²) in [4.78, 5) is 29.4. The van der Waals surface area contributed by atoms with E-state index in [1.807, 2.05) is 50.2 Å². The summed E-state index contributed by atoms with van der Waals surface area (Å²) in [5.74, 6) is -0.899. The number of aromatic nitrogens is 1. The summed E-state index contributed by atoms with van der Waals surface area (Å²) in [6.45, 7) is 2.38. The number of fused-ring (bicyclic) bond motifs is 1. The Labute approximate surface area is 156 Å². The van der Waals surface area contributed by atoms with Crippen molar-refractivity contribution < 1.29 is 9.18 Å². The van der Waals surface area contributed by atoms with E-state index in [9.17, 15) is 14.0 Å². The number of rotatable bonds is 5. The number of carbonyl (C=O) groups is 1. The van der Waals surface area contributed by atoms with Gasteiger partial charge in [0.15, 0.2) is 0 Å². The number of benzene rings is 2. The second-order valence-electron chi connectivity index (χ2n) is 6.84. The summed E-state index contributed by atoms with van der Waals surface area (Å²) >= 11 is 0. The minimum atomic E-state index is -0.540. The number of carbonyl (C=O) groups excluding carboxylic acids is 1. The fourth-order valence-corrected chi connectivity index (χ4v) is 3.01. The lowest BCUT2D eigenvalue weighted by molar-refractivity contribution is 0.0940. The maximum absolute atomic E-state index is 13.3. The highest BCUT2D eigenvalue weighted by Gasteiger charge is 2.17. The molecule has 0 saturated heterocycles. The van der Waals surface area contributed by atoms with Gasteiger partial charge in [-0.05, 0) is 56.2 Å². The molecule has 0 aliphatic carbocycles. The molecule has 1 aromatic heterocycles. The summed E-state index contributed by atoms with van der Waals surface area (Å²) < 4.78 is 13.3. The van der Waals surface area contributed by atoms with Gasteiger partial charge in [0.25, 0.3) is 11.5 Å². The van der Waals surface area contributed by atoms with Gasteiger partial charge in [-0.2, -0.15) is 0 Å². The SMILES string of the molecule is Cc1ccc(C(CNC(=O)c2cc3ccc(F)cc3[nH]c2=O)N(C)C)cc1. The molecule has 0 bridgehead atoms. The number of halogens is 1. The Hall–Kier alpha value is -2.99. The van der Waals surface area contributed by atoms with Gasteiger partial charge in [-0.25, -0.2) is 4.39 Å². The average Bonchev–Trinajstić information content (AvgIpc) is 2.62. The van der Waals surface area contributed by atoms with E-state index in [4.69, 9.17) is 0 Å². The number of nitrogens with one attached hydrogen (secondary N) is 2. The highest BCUT2D eigenvalue weighted by atomic mass is 19.1. The fourth-order valence-electron chi connectivity index (χ4n) is 3.01. The van der Waals surface area contributed by atoms with E-state index in [2.05, 4.69) is 10.3 Å². The molecule has 0 radical (unpaired) electrons. The smallest absolute Gasteiger partial charge is 0.261 e. The molecule has 2 N–H and O–H groups in total. The zero-order valence-electron chi connectivity index (χ0n) is 15.5. The molecule has 27 heavy (non-hydrogen) atoms. The molecule has 0 fully saturated rings. The second kappa shape index (κ2) is 7.72. The van der Waals surface area contributed by atoms with Crippen LogP contribution in [0, 0.1) is 12.7 Å². The molecule has 5 nitrogen and oxygen atoms in total. The van der Waals surface area contributed by atoms with Gasteiger partial charge in [-0.3, -0.25) is 9.59 Å². The third-order valence-electron chi connectivity index (χ3n) is 4.59. The van der Waals surface area contributed by atoms with Crippen LogP contribution in [0.3, 0.4) is 0 Å². The van der Waals surface area contributed by atoms with Gasteiger partial charge < -0.3 is 15.2 Å². The van der Waals surface area contributed by atoms with Crippen LogP contribution >= 0.6 is 0 Å². The molecule has 140 valence electrons. The third-order valence-corrected chi connectivity index (χ3v) is 4.59. The Bertz CT molecular complexity index is 1030. The van der Waals surface area contributed by atoms with Gasteiger partial charge in [0.05, 0.1) is 11.6 Å². The monoisotopic (exact) mass is 367 g/mol. The molecular weight excluding hydrogens is 345 g/mol. The fraction of sp³-hybridized carbons (Fsp3) is 0.238. The summed E-state index contributed by atoms with van der Waals surface area (Å²) in [6.07, 6.45) is 0. The molecule has 0 aliphatic rings. The van der Waals surface area contributed by atoms with Gasteiger partial charge in [-0.15, -0.1) is 0 Å². The summed E-state index contributed by atoms with van der Waals surface area (Å²) in [7, 11) is 3.88. The number of likely N-dealkylation sites (N-methyl/N-ethyl adjacent to an activating group) is 1. The molecular formula is C21H22FN3O2. The lowest BCUT2D eigenvalue weighted by Crippen LogP contribution is -2.36. The van der Waals surface area contributed by atoms with Crippen LogP contribution in [0.25, 0.3) is 10.9 Å². The quantitative estimate of drug-likeness (QED) is 0.729. The molecule has 6 heteroatoms. The minimum Gasteiger partial charge on any atom is -0.350 e. The molecule has 3 aromatic rings. The molecule has 0 saturated carbocycles. The second-order valence-corrected chi connectivity index (χ2v) is 6.84. The maximum atomic E-state index is 13.3. The molecule has 0 aliphatic heterocycles. The van der Waals surface area contributed by atoms with E-state index in [0.717, 1.165) is 5.56 Å². The van der Waals surface area contributed by atoms with E-state index >= 15 is 0 Å². The number of pyridine rings is 1. The van der Waals surface area contributed by atoms with Crippen LogP contribution in [0.2, 0.25) is 0 Å². The average molecular weight is 367 g/mol. The predicted molar refractivity (Wildman–Crippen MR) is 104 cm³/mol. The van der Waals surface area contributed by atoms with Crippen molar-refractivity contribution in [2.45, 2.75) is 13.0 Å². The minimum absolute atomic E-state index is 0.00974. The Morgan fingerprint density at radius 1 is 1.15 bits per heavy atom. The van der Waals surface area contributed by atoms with Crippen molar-refractivity contribution >= 4 is 16.8 Å². The highest BCUT2D eigenvalue weighted by Crippen LogP contribution is 2.18. The number of hydrogen-bond donors (Lipinski definition) is 2. The molecule has 1 heterocycles. The zero-order valence-corrected chi connectivity index (χ0v) is 15.5. The van der Waals surface area contributed by atoms with Crippen molar-refractivity contribution in [3.8, 4) is 0 Å². The topological polar surface area (TPSA) is 65.2 Å². The Kier molecular flexibility index (Phi) is 5.37. The van der Waals surface area contributed by atoms with Gasteiger partial charge in [-0.1, -0.05) is 29.8 Å². The van der Waals surface area contributed by atoms with Gasteiger partial charge in [0, 0.05) is 6.54 Å². The van der Waals surface area contributed by atoms with Crippen molar-refractivity contribution in [2.75, 3.05) is 20.6 Å². The van der Waals surface area contributed by atoms with Crippen LogP contribution in [0.4, 0.5) is 4.39 Å². The lowest BCUT2D eigenvalue weighted by Gasteiger charge is -2.25. The van der Waals surface area contributed by atoms with Crippen molar-refractivity contribution in [3.05, 3.63) is 81.4 Å². The van der Waals surface area contributed by atoms with E-state index in [-0.39, 0.29) is 11.6 Å². The molecule has 3 rings (SSSR count). The number of nitrogens with zero attached hydrogens (tertiary/aromatic N) is 1. The zero-order chi connectivity index (χ0) is 19.6. The van der Waals surface area contributed by atoms with E-state index in [1.165, 1.54) is 29.8 Å². The van der Waals surface area contributed by atoms with Crippen LogP contribution < -0.4 is 10.9 Å². The number of aromatic amines is 1. The van der Waals surface area contributed by atoms with Gasteiger partial charge in [0.1, 0.15) is 11.4 Å². The normalized spacial score (nSPS) is 12.3. The molecule has 1 unspecified atom stereocenters. The number of H-pyrrole nitrogens is 1. The maximum Gasteiger partial charge on any atom is 0.261 e. The lowest BCUT2D eigenvalue weighted by atomic mass is 10.0. The van der Waals surface area contributed by atoms with Crippen LogP contribution in [0.5, 0.6) is 0 Å². The first-order valence-electron chi connectivity index (χ1n) is 8.69. The first-order valence-corrected chi connectivity index (χ1v) is 8.69. The molecule has 0 spiro atoms. The van der Waals surface area contributed by atoms with Crippen molar-refractivity contribution in [1.29, 1.82) is 0 Å². The van der Waals surface area contributed by atoms with Crippen LogP contribution in [0.1, 0.15) is 27.5 Å². The van der Waals surface area contributed by atoms with Gasteiger partial charge >= 0.3 is 0 Å². The van der Waals surface area contributed by atoms with Crippen molar-refractivity contribution in [3.63, 3.8) is 0 Å². The Balaban J connectivity index is 1.80. The molecule has 1 amide bonds. The Morgan fingerprint density at radius 2 is 1.85 bits per heavy atom. The van der Waals surface area contributed by atoms with Crippen LogP contribution in [-0.4, -0.2) is 36.4 Å². The van der Waals surface area contributed by atoms with Crippen molar-refractivity contribution in [1.82, 2.24) is 15.2 Å². The molecule has 2 aromatic carbocycles.